The van der Waals surface area contributed by atoms with Crippen LogP contribution < -0.4 is 9.92 Å². The summed E-state index contributed by atoms with van der Waals surface area (Å²) < 4.78 is 14.4. The summed E-state index contributed by atoms with van der Waals surface area (Å²) in [6.45, 7) is 26.5. The molecule has 236 valence electrons. The van der Waals surface area contributed by atoms with E-state index in [-0.39, 0.29) is 21.5 Å². The standard InChI is InChI=1S/C37H55BrO3Si2/c1-35(2,3)42(8,9)32-23-29-25(22-31(32)40-34(39)24-12-15-26(38)16-13-24)14-17-28-27(29)20-21-37(7)30(28)18-19-33(37)41-43(10,11)36(4,5)6/h12-13,15-16,22-23,27-28,30,33H,14,17-21H2,1-11H3/t27?,28?,30?,33-,37-/m0/s1. The lowest BCUT2D eigenvalue weighted by molar-refractivity contribution is -0.0164. The van der Waals surface area contributed by atoms with Crippen molar-refractivity contribution in [3.63, 3.8) is 0 Å². The molecule has 43 heavy (non-hydrogen) atoms. The number of aryl methyl sites for hydroxylation is 1. The van der Waals surface area contributed by atoms with Crippen LogP contribution in [0.25, 0.3) is 0 Å². The van der Waals surface area contributed by atoms with Gasteiger partial charge in [0.05, 0.1) is 19.7 Å². The predicted octanol–water partition coefficient (Wildman–Crippen LogP) is 10.6. The van der Waals surface area contributed by atoms with E-state index in [1.807, 2.05) is 24.3 Å². The first kappa shape index (κ1) is 33.2. The van der Waals surface area contributed by atoms with Crippen LogP contribution in [0.1, 0.15) is 108 Å². The lowest BCUT2D eigenvalue weighted by Crippen LogP contribution is -2.52. The second-order valence-electron chi connectivity index (χ2n) is 17.2. The number of halogens is 1. The third-order valence-electron chi connectivity index (χ3n) is 12.8. The van der Waals surface area contributed by atoms with Gasteiger partial charge in [0.2, 0.25) is 0 Å². The Labute approximate surface area is 272 Å². The van der Waals surface area contributed by atoms with Crippen molar-refractivity contribution in [3.05, 3.63) is 57.6 Å². The molecule has 0 spiro atoms. The molecule has 3 aliphatic carbocycles. The zero-order valence-electron chi connectivity index (χ0n) is 28.6. The maximum absolute atomic E-state index is 13.4. The van der Waals surface area contributed by atoms with E-state index < -0.39 is 16.4 Å². The minimum Gasteiger partial charge on any atom is -0.423 e. The molecule has 0 heterocycles. The largest absolute Gasteiger partial charge is 0.423 e. The van der Waals surface area contributed by atoms with E-state index in [0.29, 0.717) is 23.5 Å². The normalized spacial score (nSPS) is 27.7. The molecule has 0 aromatic heterocycles. The summed E-state index contributed by atoms with van der Waals surface area (Å²) in [4.78, 5) is 13.4. The second-order valence-corrected chi connectivity index (χ2v) is 28.2. The van der Waals surface area contributed by atoms with Crippen molar-refractivity contribution in [1.29, 1.82) is 0 Å². The molecule has 3 unspecified atom stereocenters. The molecule has 0 aliphatic heterocycles. The zero-order chi connectivity index (χ0) is 31.8. The van der Waals surface area contributed by atoms with Crippen LogP contribution in [0, 0.1) is 17.3 Å². The van der Waals surface area contributed by atoms with Gasteiger partial charge in [0.25, 0.3) is 0 Å². The fraction of sp³-hybridized carbons (Fsp3) is 0.649. The average Bonchev–Trinajstić information content (AvgIpc) is 3.22. The molecule has 2 fully saturated rings. The van der Waals surface area contributed by atoms with Gasteiger partial charge < -0.3 is 9.16 Å². The number of hydrogen-bond donors (Lipinski definition) is 0. The highest BCUT2D eigenvalue weighted by atomic mass is 79.9. The van der Waals surface area contributed by atoms with E-state index in [4.69, 9.17) is 9.16 Å². The van der Waals surface area contributed by atoms with Gasteiger partial charge in [-0.05, 0) is 132 Å². The maximum atomic E-state index is 13.4. The first-order valence-corrected chi connectivity index (χ1v) is 23.3. The number of fused-ring (bicyclic) bond motifs is 5. The van der Waals surface area contributed by atoms with Crippen molar-refractivity contribution in [2.45, 2.75) is 135 Å². The molecule has 0 radical (unpaired) electrons. The first-order chi connectivity index (χ1) is 19.8. The summed E-state index contributed by atoms with van der Waals surface area (Å²) >= 11 is 3.48. The van der Waals surface area contributed by atoms with Gasteiger partial charge in [-0.3, -0.25) is 0 Å². The number of rotatable bonds is 5. The number of ether oxygens (including phenoxy) is 1. The summed E-state index contributed by atoms with van der Waals surface area (Å²) in [5, 5.41) is 1.66. The minimum absolute atomic E-state index is 0.124. The zero-order valence-corrected chi connectivity index (χ0v) is 32.2. The highest BCUT2D eigenvalue weighted by molar-refractivity contribution is 9.10. The van der Waals surface area contributed by atoms with Crippen LogP contribution in [0.3, 0.4) is 0 Å². The number of hydrogen-bond acceptors (Lipinski definition) is 3. The number of carbonyl (C=O) groups is 1. The molecule has 3 aliphatic rings. The monoisotopic (exact) mass is 682 g/mol. The van der Waals surface area contributed by atoms with E-state index in [9.17, 15) is 4.79 Å². The van der Waals surface area contributed by atoms with Crippen molar-refractivity contribution in [1.82, 2.24) is 0 Å². The predicted molar refractivity (Wildman–Crippen MR) is 189 cm³/mol. The van der Waals surface area contributed by atoms with Crippen LogP contribution >= 0.6 is 15.9 Å². The molecule has 0 N–H and O–H groups in total. The minimum atomic E-state index is -2.02. The van der Waals surface area contributed by atoms with Crippen molar-refractivity contribution < 1.29 is 14.0 Å². The molecule has 0 saturated heterocycles. The fourth-order valence-corrected chi connectivity index (χ4v) is 11.8. The Balaban J connectivity index is 1.48. The van der Waals surface area contributed by atoms with Gasteiger partial charge >= 0.3 is 5.97 Å². The second kappa shape index (κ2) is 11.2. The quantitative estimate of drug-likeness (QED) is 0.179. The Morgan fingerprint density at radius 3 is 2.16 bits per heavy atom. The lowest BCUT2D eigenvalue weighted by Gasteiger charge is -2.52. The van der Waals surface area contributed by atoms with Gasteiger partial charge in [-0.15, -0.1) is 0 Å². The molecule has 0 amide bonds. The van der Waals surface area contributed by atoms with Crippen LogP contribution in [0.2, 0.25) is 36.3 Å². The van der Waals surface area contributed by atoms with Crippen molar-refractivity contribution in [3.8, 4) is 5.75 Å². The Morgan fingerprint density at radius 1 is 0.907 bits per heavy atom. The number of esters is 1. The van der Waals surface area contributed by atoms with Crippen LogP contribution in [-0.2, 0) is 10.8 Å². The molecule has 2 saturated carbocycles. The third-order valence-corrected chi connectivity index (χ3v) is 23.3. The van der Waals surface area contributed by atoms with E-state index in [1.165, 1.54) is 42.9 Å². The molecule has 0 bridgehead atoms. The van der Waals surface area contributed by atoms with Crippen LogP contribution in [0.5, 0.6) is 5.75 Å². The van der Waals surface area contributed by atoms with Crippen molar-refractivity contribution in [2.75, 3.05) is 0 Å². The van der Waals surface area contributed by atoms with Crippen LogP contribution in [-0.4, -0.2) is 28.5 Å². The van der Waals surface area contributed by atoms with Gasteiger partial charge in [0.1, 0.15) is 5.75 Å². The van der Waals surface area contributed by atoms with E-state index >= 15 is 0 Å². The maximum Gasteiger partial charge on any atom is 0.343 e. The fourth-order valence-electron chi connectivity index (χ4n) is 8.00. The molecule has 5 rings (SSSR count). The SMILES string of the molecule is CC(C)(C)[Si](C)(C)O[C@H]1CCC2C3CCc4cc(OC(=O)c5ccc(Br)cc5)c([Si](C)(C)C(C)(C)C)cc4C3CC[C@@]21C. The molecule has 2 aromatic carbocycles. The summed E-state index contributed by atoms with van der Waals surface area (Å²) in [6, 6.07) is 12.3. The highest BCUT2D eigenvalue weighted by Crippen LogP contribution is 2.62. The molecule has 5 atom stereocenters. The molecular formula is C37H55BrO3Si2. The van der Waals surface area contributed by atoms with E-state index in [0.717, 1.165) is 22.6 Å². The van der Waals surface area contributed by atoms with Crippen LogP contribution in [0.4, 0.5) is 0 Å². The van der Waals surface area contributed by atoms with Crippen molar-refractivity contribution in [2.24, 2.45) is 17.3 Å². The smallest absolute Gasteiger partial charge is 0.343 e. The Hall–Kier alpha value is -1.22. The van der Waals surface area contributed by atoms with E-state index in [2.05, 4.69) is 103 Å². The van der Waals surface area contributed by atoms with Gasteiger partial charge in [0, 0.05) is 4.47 Å². The summed E-state index contributed by atoms with van der Waals surface area (Å²) in [5.41, 5.74) is 3.81. The Kier molecular flexibility index (Phi) is 8.67. The van der Waals surface area contributed by atoms with Gasteiger partial charge in [0.15, 0.2) is 8.32 Å². The van der Waals surface area contributed by atoms with E-state index in [1.54, 1.807) is 5.56 Å². The molecular weight excluding hydrogens is 628 g/mol. The molecule has 6 heteroatoms. The number of benzene rings is 2. The summed E-state index contributed by atoms with van der Waals surface area (Å²) in [5.74, 6) is 2.55. The molecule has 3 nitrogen and oxygen atoms in total. The number of carbonyl (C=O) groups excluding carboxylic acids is 1. The third kappa shape index (κ3) is 5.92. The van der Waals surface area contributed by atoms with Crippen molar-refractivity contribution >= 4 is 43.5 Å². The highest BCUT2D eigenvalue weighted by Gasteiger charge is 2.57. The Bertz CT molecular complexity index is 1370. The lowest BCUT2D eigenvalue weighted by atomic mass is 9.55. The van der Waals surface area contributed by atoms with Gasteiger partial charge in [-0.25, -0.2) is 4.79 Å². The Morgan fingerprint density at radius 2 is 1.56 bits per heavy atom. The summed E-state index contributed by atoms with van der Waals surface area (Å²) in [6.07, 6.45) is 7.67. The van der Waals surface area contributed by atoms with Gasteiger partial charge in [-0.2, -0.15) is 0 Å². The first-order valence-electron chi connectivity index (χ1n) is 16.6. The summed E-state index contributed by atoms with van der Waals surface area (Å²) in [7, 11) is -3.84. The van der Waals surface area contributed by atoms with Crippen LogP contribution in [0.15, 0.2) is 40.9 Å². The topological polar surface area (TPSA) is 35.5 Å². The molecule has 2 aromatic rings. The van der Waals surface area contributed by atoms with Gasteiger partial charge in [-0.1, -0.05) is 83.6 Å². The average molecular weight is 684 g/mol.